The summed E-state index contributed by atoms with van der Waals surface area (Å²) in [6.07, 6.45) is 2.81. The second-order valence-corrected chi connectivity index (χ2v) is 13.4. The first-order valence-corrected chi connectivity index (χ1v) is 17.1. The van der Waals surface area contributed by atoms with Gasteiger partial charge in [-0.3, -0.25) is 4.55 Å². The third kappa shape index (κ3) is 6.88. The van der Waals surface area contributed by atoms with Crippen LogP contribution in [0.15, 0.2) is 109 Å². The Bertz CT molecular complexity index is 2020. The van der Waals surface area contributed by atoms with Gasteiger partial charge < -0.3 is 9.64 Å². The minimum absolute atomic E-state index is 0.207. The molecule has 49 heavy (non-hydrogen) atoms. The van der Waals surface area contributed by atoms with Crippen molar-refractivity contribution in [3.05, 3.63) is 137 Å². The predicted octanol–water partition coefficient (Wildman–Crippen LogP) is 8.33. The standard InChI is InChI=1S/C38H31F3N2O5S/c39-36(38(40,41)49(45,46)47)24-48-37(44)29(23-42)20-26-16-19-35-33(22-26)31-12-7-13-34(31)43(35)30-17-14-25(15-18-30)21-32(27-8-3-1-4-9-27)28-10-5-2-6-11-28/h1-6,8-11,14-22,31,34,36H,7,12-13,24H2,(H,45,46,47). The summed E-state index contributed by atoms with van der Waals surface area (Å²) in [5, 5.41) is 4.36. The Labute approximate surface area is 282 Å². The van der Waals surface area contributed by atoms with Crippen molar-refractivity contribution in [1.82, 2.24) is 0 Å². The van der Waals surface area contributed by atoms with Crippen LogP contribution in [0.1, 0.15) is 53.0 Å². The summed E-state index contributed by atoms with van der Waals surface area (Å²) < 4.78 is 75.4. The van der Waals surface area contributed by atoms with Crippen molar-refractivity contribution in [2.45, 2.75) is 42.6 Å². The van der Waals surface area contributed by atoms with Crippen LogP contribution in [0.4, 0.5) is 24.5 Å². The van der Waals surface area contributed by atoms with Gasteiger partial charge in [0.1, 0.15) is 18.2 Å². The fraction of sp³-hybridized carbons (Fsp3) is 0.211. The molecular formula is C38H31F3N2O5S. The minimum atomic E-state index is -6.08. The van der Waals surface area contributed by atoms with Crippen molar-refractivity contribution >= 4 is 45.2 Å². The van der Waals surface area contributed by atoms with Gasteiger partial charge in [-0.25, -0.2) is 9.18 Å². The van der Waals surface area contributed by atoms with Crippen LogP contribution in [0.3, 0.4) is 0 Å². The van der Waals surface area contributed by atoms with Crippen LogP contribution < -0.4 is 4.90 Å². The SMILES string of the molecule is N#CC(=Cc1ccc2c(c1)C1CCCC1N2c1ccc(C=C(c2ccccc2)c2ccccc2)cc1)C(=O)OCC(F)C(F)(F)S(=O)(=O)O. The number of carbonyl (C=O) groups excluding carboxylic acids is 1. The first-order valence-electron chi connectivity index (χ1n) is 15.6. The van der Waals surface area contributed by atoms with Crippen LogP contribution in [0.5, 0.6) is 0 Å². The average molecular weight is 685 g/mol. The molecular weight excluding hydrogens is 653 g/mol. The zero-order chi connectivity index (χ0) is 34.8. The highest BCUT2D eigenvalue weighted by atomic mass is 32.2. The van der Waals surface area contributed by atoms with Gasteiger partial charge in [-0.05, 0) is 82.6 Å². The highest BCUT2D eigenvalue weighted by Gasteiger charge is 2.53. The number of rotatable bonds is 10. The smallest absolute Gasteiger partial charge is 0.403 e. The van der Waals surface area contributed by atoms with Crippen LogP contribution in [0.25, 0.3) is 17.7 Å². The third-order valence-corrected chi connectivity index (χ3v) is 9.84. The molecule has 250 valence electrons. The van der Waals surface area contributed by atoms with E-state index in [4.69, 9.17) is 4.55 Å². The highest BCUT2D eigenvalue weighted by molar-refractivity contribution is 7.86. The fourth-order valence-corrected chi connectivity index (χ4v) is 6.95. The van der Waals surface area contributed by atoms with E-state index in [1.54, 1.807) is 12.1 Å². The molecule has 1 N–H and O–H groups in total. The number of esters is 1. The normalized spacial score (nSPS) is 17.9. The van der Waals surface area contributed by atoms with Gasteiger partial charge in [0.05, 0.1) is 0 Å². The number of anilines is 2. The molecule has 0 radical (unpaired) electrons. The number of ether oxygens (including phenoxy) is 1. The molecule has 2 aliphatic rings. The van der Waals surface area contributed by atoms with Crippen molar-refractivity contribution in [1.29, 1.82) is 5.26 Å². The Hall–Kier alpha value is -5.18. The molecule has 1 aliphatic heterocycles. The van der Waals surface area contributed by atoms with E-state index in [0.29, 0.717) is 5.56 Å². The van der Waals surface area contributed by atoms with Crippen LogP contribution >= 0.6 is 0 Å². The Kier molecular flexibility index (Phi) is 9.45. The number of halogens is 3. The van der Waals surface area contributed by atoms with E-state index in [2.05, 4.69) is 64.2 Å². The molecule has 3 unspecified atom stereocenters. The second-order valence-electron chi connectivity index (χ2n) is 11.9. The summed E-state index contributed by atoms with van der Waals surface area (Å²) in [7, 11) is -6.08. The Morgan fingerprint density at radius 3 is 2.14 bits per heavy atom. The van der Waals surface area contributed by atoms with E-state index in [1.165, 1.54) is 6.08 Å². The van der Waals surface area contributed by atoms with Crippen LogP contribution in [0, 0.1) is 11.3 Å². The zero-order valence-corrected chi connectivity index (χ0v) is 26.9. The number of nitrogens with zero attached hydrogens (tertiary/aromatic N) is 2. The topological polar surface area (TPSA) is 108 Å². The van der Waals surface area contributed by atoms with Crippen molar-refractivity contribution in [2.75, 3.05) is 11.5 Å². The van der Waals surface area contributed by atoms with Gasteiger partial charge in [0, 0.05) is 23.3 Å². The lowest BCUT2D eigenvalue weighted by atomic mass is 9.95. The lowest BCUT2D eigenvalue weighted by molar-refractivity contribution is -0.143. The van der Waals surface area contributed by atoms with Gasteiger partial charge in [0.15, 0.2) is 0 Å². The molecule has 6 rings (SSSR count). The summed E-state index contributed by atoms with van der Waals surface area (Å²) in [4.78, 5) is 14.7. The molecule has 1 aliphatic carbocycles. The third-order valence-electron chi connectivity index (χ3n) is 8.89. The largest absolute Gasteiger partial charge is 0.458 e. The molecule has 0 aromatic heterocycles. The summed E-state index contributed by atoms with van der Waals surface area (Å²) >= 11 is 0. The van der Waals surface area contributed by atoms with E-state index >= 15 is 0 Å². The van der Waals surface area contributed by atoms with Crippen LogP contribution in [-0.2, 0) is 19.6 Å². The monoisotopic (exact) mass is 684 g/mol. The van der Waals surface area contributed by atoms with E-state index in [1.807, 2.05) is 48.5 Å². The summed E-state index contributed by atoms with van der Waals surface area (Å²) in [5.74, 6) is -1.20. The quantitative estimate of drug-likeness (QED) is 0.0588. The van der Waals surface area contributed by atoms with Gasteiger partial charge in [-0.1, -0.05) is 85.3 Å². The molecule has 0 saturated heterocycles. The lowest BCUT2D eigenvalue weighted by Gasteiger charge is -2.27. The molecule has 1 fully saturated rings. The maximum Gasteiger partial charge on any atom is 0.403 e. The predicted molar refractivity (Wildman–Crippen MR) is 181 cm³/mol. The van der Waals surface area contributed by atoms with Gasteiger partial charge in [-0.2, -0.15) is 22.5 Å². The Morgan fingerprint density at radius 2 is 1.55 bits per heavy atom. The molecule has 7 nitrogen and oxygen atoms in total. The molecule has 4 aromatic carbocycles. The minimum Gasteiger partial charge on any atom is -0.458 e. The molecule has 3 atom stereocenters. The van der Waals surface area contributed by atoms with E-state index < -0.39 is 39.7 Å². The molecule has 1 saturated carbocycles. The first-order chi connectivity index (χ1) is 23.5. The van der Waals surface area contributed by atoms with E-state index in [-0.39, 0.29) is 12.0 Å². The van der Waals surface area contributed by atoms with Gasteiger partial charge in [-0.15, -0.1) is 0 Å². The maximum absolute atomic E-state index is 13.8. The molecule has 0 amide bonds. The lowest BCUT2D eigenvalue weighted by Crippen LogP contribution is -2.41. The van der Waals surface area contributed by atoms with Crippen molar-refractivity contribution in [3.63, 3.8) is 0 Å². The molecule has 0 bridgehead atoms. The Morgan fingerprint density at radius 1 is 0.939 bits per heavy atom. The number of benzene rings is 4. The first kappa shape index (κ1) is 33.7. The number of alkyl halides is 3. The average Bonchev–Trinajstić information content (AvgIpc) is 3.70. The Balaban J connectivity index is 1.24. The second kappa shape index (κ2) is 13.7. The molecule has 1 heterocycles. The number of carbonyl (C=O) groups is 1. The van der Waals surface area contributed by atoms with Crippen molar-refractivity contribution in [2.24, 2.45) is 0 Å². The zero-order valence-electron chi connectivity index (χ0n) is 26.0. The molecule has 11 heteroatoms. The number of hydrogen-bond acceptors (Lipinski definition) is 6. The van der Waals surface area contributed by atoms with Gasteiger partial charge >= 0.3 is 21.3 Å². The van der Waals surface area contributed by atoms with Gasteiger partial charge in [0.25, 0.3) is 0 Å². The number of hydrogen-bond donors (Lipinski definition) is 1. The van der Waals surface area contributed by atoms with Crippen molar-refractivity contribution < 1.29 is 35.7 Å². The maximum atomic E-state index is 13.8. The van der Waals surface area contributed by atoms with Crippen LogP contribution in [0.2, 0.25) is 0 Å². The fourth-order valence-electron chi connectivity index (χ4n) is 6.56. The van der Waals surface area contributed by atoms with Crippen molar-refractivity contribution in [3.8, 4) is 6.07 Å². The van der Waals surface area contributed by atoms with E-state index in [0.717, 1.165) is 58.5 Å². The van der Waals surface area contributed by atoms with Gasteiger partial charge in [0.2, 0.25) is 6.17 Å². The van der Waals surface area contributed by atoms with Crippen LogP contribution in [-0.4, -0.2) is 43.0 Å². The number of nitriles is 1. The highest BCUT2D eigenvalue weighted by Crippen LogP contribution is 2.52. The van der Waals surface area contributed by atoms with E-state index in [9.17, 15) is 31.6 Å². The molecule has 4 aromatic rings. The summed E-state index contributed by atoms with van der Waals surface area (Å²) in [5.41, 5.74) is 7.34. The number of fused-ring (bicyclic) bond motifs is 3. The summed E-state index contributed by atoms with van der Waals surface area (Å²) in [6.45, 7) is -1.68. The molecule has 0 spiro atoms. The summed E-state index contributed by atoms with van der Waals surface area (Å²) in [6, 6.07) is 36.2.